The number of methoxy groups -OCH3 is 2. The molecule has 2 aromatic carbocycles. The number of H-pyrrole nitrogens is 1. The Bertz CT molecular complexity index is 1340. The van der Waals surface area contributed by atoms with Crippen LogP contribution in [-0.4, -0.2) is 35.7 Å². The number of benzene rings is 2. The number of carbonyl (C=O) groups is 2. The van der Waals surface area contributed by atoms with E-state index in [0.717, 1.165) is 0 Å². The van der Waals surface area contributed by atoms with Crippen molar-refractivity contribution in [3.05, 3.63) is 99.4 Å². The number of hydrogen-bond donors (Lipinski definition) is 0. The monoisotopic (exact) mass is 475 g/mol. The molecule has 1 aliphatic rings. The molecule has 178 valence electrons. The molecule has 1 aromatic heterocycles. The number of nitrogens with one attached hydrogen (secondary N) is 1. The lowest BCUT2D eigenvalue weighted by Gasteiger charge is -2.27. The van der Waals surface area contributed by atoms with Crippen LogP contribution in [0.2, 0.25) is 0 Å². The maximum Gasteiger partial charge on any atom is 0.295 e. The highest BCUT2D eigenvalue weighted by molar-refractivity contribution is 6.46. The van der Waals surface area contributed by atoms with Crippen LogP contribution in [0.4, 0.5) is 5.69 Å². The molecule has 0 spiro atoms. The Morgan fingerprint density at radius 2 is 1.83 bits per heavy atom. The van der Waals surface area contributed by atoms with Crippen LogP contribution in [0, 0.1) is 10.1 Å². The summed E-state index contributed by atoms with van der Waals surface area (Å²) in [7, 11) is 2.86. The van der Waals surface area contributed by atoms with E-state index in [1.807, 2.05) is 0 Å². The summed E-state index contributed by atoms with van der Waals surface area (Å²) in [6.45, 7) is 0.0119. The number of aromatic nitrogens is 1. The standard InChI is InChI=1S/C25H21N3O7/c1-34-19-9-8-17(12-20(19)35-2)23(29)21-22(16-6-3-7-18(11-16)28(32)33)27(25(31)24(21)30)14-15-5-4-10-26-13-15/h3-13,22,29H,14H2,1-2H3. The van der Waals surface area contributed by atoms with E-state index in [2.05, 4.69) is 4.98 Å². The van der Waals surface area contributed by atoms with Gasteiger partial charge in [-0.15, -0.1) is 0 Å². The Balaban J connectivity index is 1.90. The summed E-state index contributed by atoms with van der Waals surface area (Å²) in [5.41, 5.74) is 0.568. The molecular formula is C25H21N3O7. The van der Waals surface area contributed by atoms with Crippen LogP contribution in [0.1, 0.15) is 22.7 Å². The molecule has 0 aliphatic carbocycles. The van der Waals surface area contributed by atoms with Crippen LogP contribution >= 0.6 is 0 Å². The molecule has 1 atom stereocenters. The molecular weight excluding hydrogens is 454 g/mol. The van der Waals surface area contributed by atoms with Gasteiger partial charge in [-0.05, 0) is 29.3 Å². The number of carbonyl (C=O) groups excluding carboxylic acids is 2. The normalized spacial score (nSPS) is 16.9. The Labute approximate surface area is 200 Å². The number of rotatable bonds is 7. The van der Waals surface area contributed by atoms with Crippen molar-refractivity contribution < 1.29 is 34.1 Å². The lowest BCUT2D eigenvalue weighted by molar-refractivity contribution is -0.385. The lowest BCUT2D eigenvalue weighted by atomic mass is 9.94. The highest BCUT2D eigenvalue weighted by Crippen LogP contribution is 2.41. The first-order valence-electron chi connectivity index (χ1n) is 10.5. The fourth-order valence-corrected chi connectivity index (χ4v) is 4.05. The summed E-state index contributed by atoms with van der Waals surface area (Å²) in [5.74, 6) is -1.84. The molecule has 1 saturated heterocycles. The molecule has 10 nitrogen and oxygen atoms in total. The van der Waals surface area contributed by atoms with Gasteiger partial charge in [0.2, 0.25) is 5.78 Å². The molecule has 0 radical (unpaired) electrons. The van der Waals surface area contributed by atoms with Crippen molar-refractivity contribution >= 4 is 23.1 Å². The topological polar surface area (TPSA) is 136 Å². The van der Waals surface area contributed by atoms with E-state index in [1.165, 1.54) is 55.5 Å². The average Bonchev–Trinajstić information content (AvgIpc) is 3.13. The van der Waals surface area contributed by atoms with Gasteiger partial charge in [0.15, 0.2) is 23.9 Å². The summed E-state index contributed by atoms with van der Waals surface area (Å²) in [6, 6.07) is 12.4. The molecule has 4 rings (SSSR count). The van der Waals surface area contributed by atoms with E-state index in [4.69, 9.17) is 9.47 Å². The second-order valence-electron chi connectivity index (χ2n) is 7.74. The highest BCUT2D eigenvalue weighted by atomic mass is 16.6. The fraction of sp³-hybridized carbons (Fsp3) is 0.160. The van der Waals surface area contributed by atoms with Gasteiger partial charge in [0.25, 0.3) is 11.6 Å². The molecule has 3 aromatic rings. The van der Waals surface area contributed by atoms with Crippen LogP contribution in [0.25, 0.3) is 5.76 Å². The van der Waals surface area contributed by atoms with Gasteiger partial charge in [-0.1, -0.05) is 24.0 Å². The van der Waals surface area contributed by atoms with Crippen molar-refractivity contribution in [1.29, 1.82) is 0 Å². The predicted octanol–water partition coefficient (Wildman–Crippen LogP) is 1.85. The first-order chi connectivity index (χ1) is 16.8. The fourth-order valence-electron chi connectivity index (χ4n) is 4.05. The molecule has 1 unspecified atom stereocenters. The van der Waals surface area contributed by atoms with E-state index in [-0.39, 0.29) is 34.7 Å². The third-order valence-corrected chi connectivity index (χ3v) is 5.70. The first-order valence-corrected chi connectivity index (χ1v) is 10.5. The number of non-ortho nitro benzene ring substituents is 1. The first kappa shape index (κ1) is 23.4. The number of nitro benzene ring substituents is 1. The Hall–Kier alpha value is -4.73. The second-order valence-corrected chi connectivity index (χ2v) is 7.74. The van der Waals surface area contributed by atoms with E-state index < -0.39 is 28.4 Å². The Morgan fingerprint density at radius 1 is 1.06 bits per heavy atom. The van der Waals surface area contributed by atoms with Crippen molar-refractivity contribution in [3.8, 4) is 11.5 Å². The van der Waals surface area contributed by atoms with E-state index in [0.29, 0.717) is 11.3 Å². The van der Waals surface area contributed by atoms with Gasteiger partial charge in [-0.25, -0.2) is 4.98 Å². The van der Waals surface area contributed by atoms with Crippen molar-refractivity contribution in [2.75, 3.05) is 14.2 Å². The van der Waals surface area contributed by atoms with Crippen LogP contribution in [-0.2, 0) is 16.1 Å². The third kappa shape index (κ3) is 4.41. The molecule has 1 N–H and O–H groups in total. The number of hydrogen-bond acceptors (Lipinski definition) is 7. The van der Waals surface area contributed by atoms with E-state index in [1.54, 1.807) is 30.6 Å². The third-order valence-electron chi connectivity index (χ3n) is 5.70. The zero-order chi connectivity index (χ0) is 25.1. The van der Waals surface area contributed by atoms with Crippen molar-refractivity contribution in [3.63, 3.8) is 0 Å². The molecule has 1 aliphatic heterocycles. The minimum absolute atomic E-state index is 0.0119. The van der Waals surface area contributed by atoms with Gasteiger partial charge in [0, 0.05) is 29.3 Å². The zero-order valence-corrected chi connectivity index (χ0v) is 18.9. The van der Waals surface area contributed by atoms with Gasteiger partial charge in [0.1, 0.15) is 0 Å². The molecule has 10 heteroatoms. The summed E-state index contributed by atoms with van der Waals surface area (Å²) in [5, 5.41) is 25.0. The number of ether oxygens (including phenoxy) is 2. The van der Waals surface area contributed by atoms with Crippen molar-refractivity contribution in [2.45, 2.75) is 12.6 Å². The van der Waals surface area contributed by atoms with Gasteiger partial charge < -0.3 is 19.5 Å². The number of likely N-dealkylation sites (tertiary alicyclic amines) is 1. The smallest absolute Gasteiger partial charge is 0.295 e. The van der Waals surface area contributed by atoms with Gasteiger partial charge in [-0.2, -0.15) is 0 Å². The highest BCUT2D eigenvalue weighted by Gasteiger charge is 2.44. The van der Waals surface area contributed by atoms with E-state index in [9.17, 15) is 24.8 Å². The lowest BCUT2D eigenvalue weighted by Crippen LogP contribution is -2.29. The maximum atomic E-state index is 13.6. The molecule has 2 heterocycles. The summed E-state index contributed by atoms with van der Waals surface area (Å²) in [6.07, 6.45) is 3.35. The average molecular weight is 475 g/mol. The maximum absolute atomic E-state index is 13.6. The van der Waals surface area contributed by atoms with Crippen molar-refractivity contribution in [1.82, 2.24) is 4.90 Å². The Morgan fingerprint density at radius 3 is 2.49 bits per heavy atom. The van der Waals surface area contributed by atoms with Crippen LogP contribution in [0.3, 0.4) is 0 Å². The molecule has 35 heavy (non-hydrogen) atoms. The summed E-state index contributed by atoms with van der Waals surface area (Å²) >= 11 is 0. The number of ketones is 1. The van der Waals surface area contributed by atoms with Crippen LogP contribution in [0.5, 0.6) is 11.5 Å². The van der Waals surface area contributed by atoms with Gasteiger partial charge in [-0.3, -0.25) is 19.7 Å². The number of aromatic amines is 1. The van der Waals surface area contributed by atoms with Crippen molar-refractivity contribution in [2.24, 2.45) is 0 Å². The number of Topliss-reactive ketones (excluding diaryl/α,β-unsaturated/α-hetero) is 1. The van der Waals surface area contributed by atoms with E-state index >= 15 is 0 Å². The minimum Gasteiger partial charge on any atom is -0.872 e. The molecule has 0 saturated carbocycles. The molecule has 0 bridgehead atoms. The van der Waals surface area contributed by atoms with Gasteiger partial charge in [0.05, 0.1) is 31.7 Å². The second kappa shape index (κ2) is 9.64. The Kier molecular flexibility index (Phi) is 6.45. The summed E-state index contributed by atoms with van der Waals surface area (Å²) in [4.78, 5) is 41.2. The zero-order valence-electron chi connectivity index (χ0n) is 18.9. The number of amides is 1. The quantitative estimate of drug-likeness (QED) is 0.167. The van der Waals surface area contributed by atoms with Crippen LogP contribution < -0.4 is 19.6 Å². The SMILES string of the molecule is COc1ccc(C([O-])=C2C(=O)C(=O)N(Cc3ccc[nH+]c3)C2c2cccc([N+](=O)[O-])c2)cc1OC. The molecule has 1 amide bonds. The summed E-state index contributed by atoms with van der Waals surface area (Å²) < 4.78 is 10.5. The molecule has 1 fully saturated rings. The number of nitro groups is 1. The number of nitrogens with zero attached hydrogens (tertiary/aromatic N) is 2. The largest absolute Gasteiger partial charge is 0.872 e. The van der Waals surface area contributed by atoms with Crippen LogP contribution in [0.15, 0.2) is 72.6 Å². The predicted molar refractivity (Wildman–Crippen MR) is 121 cm³/mol. The minimum atomic E-state index is -1.12. The van der Waals surface area contributed by atoms with Gasteiger partial charge >= 0.3 is 0 Å². The number of pyridine rings is 1.